The lowest BCUT2D eigenvalue weighted by Gasteiger charge is -2.04. The van der Waals surface area contributed by atoms with Crippen molar-refractivity contribution in [2.75, 3.05) is 11.9 Å². The van der Waals surface area contributed by atoms with E-state index in [1.54, 1.807) is 29.6 Å². The number of benzene rings is 2. The zero-order valence-electron chi connectivity index (χ0n) is 13.3. The van der Waals surface area contributed by atoms with Gasteiger partial charge in [-0.3, -0.25) is 10.1 Å². The van der Waals surface area contributed by atoms with Crippen molar-refractivity contribution >= 4 is 28.3 Å². The Kier molecular flexibility index (Phi) is 5.23. The Morgan fingerprint density at radius 3 is 2.46 bits per heavy atom. The van der Waals surface area contributed by atoms with Gasteiger partial charge in [-0.2, -0.15) is 0 Å². The van der Waals surface area contributed by atoms with E-state index in [-0.39, 0.29) is 5.91 Å². The first-order valence-corrected chi connectivity index (χ1v) is 8.37. The van der Waals surface area contributed by atoms with Crippen LogP contribution in [0.4, 0.5) is 9.52 Å². The average molecular weight is 372 g/mol. The van der Waals surface area contributed by atoms with Crippen LogP contribution < -0.4 is 10.1 Å². The molecule has 0 saturated carbocycles. The summed E-state index contributed by atoms with van der Waals surface area (Å²) in [5, 5.41) is 13.5. The Morgan fingerprint density at radius 1 is 1.12 bits per heavy atom. The first-order valence-electron chi connectivity index (χ1n) is 7.49. The molecule has 0 saturated heterocycles. The van der Waals surface area contributed by atoms with Crippen LogP contribution >= 0.6 is 11.3 Å². The second-order valence-electron chi connectivity index (χ2n) is 5.21. The molecule has 6 nitrogen and oxygen atoms in total. The summed E-state index contributed by atoms with van der Waals surface area (Å²) in [5.74, 6) is -1.39. The number of anilines is 1. The Balaban J connectivity index is 1.66. The average Bonchev–Trinajstić information content (AvgIpc) is 3.09. The molecule has 3 aromatic rings. The van der Waals surface area contributed by atoms with Crippen LogP contribution in [0.1, 0.15) is 10.4 Å². The van der Waals surface area contributed by atoms with Gasteiger partial charge in [-0.05, 0) is 48.5 Å². The monoisotopic (exact) mass is 372 g/mol. The fraction of sp³-hybridized carbons (Fsp3) is 0.0556. The highest BCUT2D eigenvalue weighted by atomic mass is 32.1. The van der Waals surface area contributed by atoms with E-state index in [1.165, 1.54) is 35.6 Å². The van der Waals surface area contributed by atoms with E-state index in [0.29, 0.717) is 22.1 Å². The molecule has 8 heteroatoms. The number of amides is 1. The number of carboxylic acid groups (broad SMARTS) is 1. The number of thiazole rings is 1. The van der Waals surface area contributed by atoms with Gasteiger partial charge in [-0.15, -0.1) is 11.3 Å². The third-order valence-corrected chi connectivity index (χ3v) is 4.10. The minimum atomic E-state index is -1.05. The summed E-state index contributed by atoms with van der Waals surface area (Å²) in [6.07, 6.45) is 0. The van der Waals surface area contributed by atoms with Gasteiger partial charge >= 0.3 is 5.97 Å². The van der Waals surface area contributed by atoms with Crippen LogP contribution in [0.2, 0.25) is 0 Å². The van der Waals surface area contributed by atoms with Crippen molar-refractivity contribution in [2.45, 2.75) is 0 Å². The van der Waals surface area contributed by atoms with Gasteiger partial charge in [-0.25, -0.2) is 14.2 Å². The van der Waals surface area contributed by atoms with E-state index >= 15 is 0 Å². The van der Waals surface area contributed by atoms with Crippen LogP contribution in [0.5, 0.6) is 5.75 Å². The van der Waals surface area contributed by atoms with E-state index in [2.05, 4.69) is 10.3 Å². The van der Waals surface area contributed by atoms with Crippen LogP contribution in [0.3, 0.4) is 0 Å². The van der Waals surface area contributed by atoms with E-state index in [0.717, 1.165) is 5.56 Å². The van der Waals surface area contributed by atoms with E-state index in [9.17, 15) is 14.0 Å². The summed E-state index contributed by atoms with van der Waals surface area (Å²) in [6.45, 7) is -0.407. The molecule has 0 atom stereocenters. The lowest BCUT2D eigenvalue weighted by molar-refractivity contribution is -0.139. The number of carboxylic acids is 1. The van der Waals surface area contributed by atoms with Gasteiger partial charge in [-0.1, -0.05) is 0 Å². The highest BCUT2D eigenvalue weighted by Crippen LogP contribution is 2.26. The van der Waals surface area contributed by atoms with Crippen molar-refractivity contribution in [3.63, 3.8) is 0 Å². The summed E-state index contributed by atoms with van der Waals surface area (Å²) in [6, 6.07) is 12.0. The van der Waals surface area contributed by atoms with Crippen LogP contribution in [-0.4, -0.2) is 28.6 Å². The zero-order chi connectivity index (χ0) is 18.5. The van der Waals surface area contributed by atoms with Gasteiger partial charge in [0.05, 0.1) is 5.69 Å². The first-order chi connectivity index (χ1) is 12.5. The molecule has 0 unspecified atom stereocenters. The van der Waals surface area contributed by atoms with Crippen molar-refractivity contribution in [3.05, 3.63) is 65.3 Å². The Labute approximate surface area is 151 Å². The van der Waals surface area contributed by atoms with Crippen LogP contribution in [0.15, 0.2) is 53.9 Å². The quantitative estimate of drug-likeness (QED) is 0.689. The number of nitrogens with zero attached hydrogens (tertiary/aromatic N) is 1. The van der Waals surface area contributed by atoms with Crippen LogP contribution in [0.25, 0.3) is 11.3 Å². The standard InChI is InChI=1S/C18H13FN2O4S/c19-13-5-1-12(2-6-13)17(24)21-18-20-15(10-26-18)11-3-7-14(8-4-11)25-9-16(22)23/h1-8,10H,9H2,(H,22,23)(H,20,21,24). The molecule has 0 radical (unpaired) electrons. The number of carbonyl (C=O) groups is 2. The molecule has 1 heterocycles. The van der Waals surface area contributed by atoms with Gasteiger partial charge in [0.2, 0.25) is 0 Å². The second kappa shape index (κ2) is 7.75. The Hall–Kier alpha value is -3.26. The van der Waals surface area contributed by atoms with Gasteiger partial charge < -0.3 is 9.84 Å². The van der Waals surface area contributed by atoms with Crippen molar-refractivity contribution in [1.82, 2.24) is 4.98 Å². The minimum absolute atomic E-state index is 0.336. The van der Waals surface area contributed by atoms with Crippen LogP contribution in [0, 0.1) is 5.82 Å². The molecule has 2 aromatic carbocycles. The molecular weight excluding hydrogens is 359 g/mol. The molecule has 26 heavy (non-hydrogen) atoms. The molecule has 0 aliphatic carbocycles. The Morgan fingerprint density at radius 2 is 1.81 bits per heavy atom. The fourth-order valence-electron chi connectivity index (χ4n) is 2.10. The lowest BCUT2D eigenvalue weighted by Crippen LogP contribution is -2.11. The second-order valence-corrected chi connectivity index (χ2v) is 6.06. The zero-order valence-corrected chi connectivity index (χ0v) is 14.1. The van der Waals surface area contributed by atoms with E-state index < -0.39 is 18.4 Å². The first kappa shape index (κ1) is 17.6. The summed E-state index contributed by atoms with van der Waals surface area (Å²) in [5.41, 5.74) is 1.79. The summed E-state index contributed by atoms with van der Waals surface area (Å²) in [4.78, 5) is 26.9. The SMILES string of the molecule is O=C(O)COc1ccc(-c2csc(NC(=O)c3ccc(F)cc3)n2)cc1. The normalized spacial score (nSPS) is 10.3. The number of halogens is 1. The van der Waals surface area contributed by atoms with Gasteiger partial charge in [0.25, 0.3) is 5.91 Å². The van der Waals surface area contributed by atoms with Gasteiger partial charge in [0, 0.05) is 16.5 Å². The molecule has 3 rings (SSSR count). The molecular formula is C18H13FN2O4S. The number of aliphatic carboxylic acids is 1. The smallest absolute Gasteiger partial charge is 0.341 e. The van der Waals surface area contributed by atoms with Crippen molar-refractivity contribution < 1.29 is 23.8 Å². The minimum Gasteiger partial charge on any atom is -0.482 e. The number of rotatable bonds is 6. The third kappa shape index (κ3) is 4.42. The topological polar surface area (TPSA) is 88.5 Å². The molecule has 2 N–H and O–H groups in total. The summed E-state index contributed by atoms with van der Waals surface area (Å²) < 4.78 is 18.0. The van der Waals surface area contributed by atoms with Crippen molar-refractivity contribution in [3.8, 4) is 17.0 Å². The van der Waals surface area contributed by atoms with Crippen molar-refractivity contribution in [1.29, 1.82) is 0 Å². The van der Waals surface area contributed by atoms with Gasteiger partial charge in [0.1, 0.15) is 11.6 Å². The van der Waals surface area contributed by atoms with Gasteiger partial charge in [0.15, 0.2) is 11.7 Å². The molecule has 0 bridgehead atoms. The molecule has 0 spiro atoms. The summed E-state index contributed by atoms with van der Waals surface area (Å²) >= 11 is 1.26. The van der Waals surface area contributed by atoms with Crippen molar-refractivity contribution in [2.24, 2.45) is 0 Å². The fourth-order valence-corrected chi connectivity index (χ4v) is 2.82. The molecule has 132 valence electrons. The number of hydrogen-bond acceptors (Lipinski definition) is 5. The molecule has 1 aromatic heterocycles. The van der Waals surface area contributed by atoms with E-state index in [4.69, 9.17) is 9.84 Å². The number of carbonyl (C=O) groups excluding carboxylic acids is 1. The molecule has 0 aliphatic rings. The Bertz CT molecular complexity index is 923. The highest BCUT2D eigenvalue weighted by molar-refractivity contribution is 7.14. The number of nitrogens with one attached hydrogen (secondary N) is 1. The maximum atomic E-state index is 12.9. The highest BCUT2D eigenvalue weighted by Gasteiger charge is 2.10. The lowest BCUT2D eigenvalue weighted by atomic mass is 10.2. The molecule has 1 amide bonds. The summed E-state index contributed by atoms with van der Waals surface area (Å²) in [7, 11) is 0. The number of ether oxygens (including phenoxy) is 1. The van der Waals surface area contributed by atoms with Crippen LogP contribution in [-0.2, 0) is 4.79 Å². The largest absolute Gasteiger partial charge is 0.482 e. The molecule has 0 aliphatic heterocycles. The predicted molar refractivity (Wildman–Crippen MR) is 95.0 cm³/mol. The number of aromatic nitrogens is 1. The predicted octanol–water partition coefficient (Wildman–Crippen LogP) is 3.66. The molecule has 0 fully saturated rings. The number of hydrogen-bond donors (Lipinski definition) is 2. The maximum absolute atomic E-state index is 12.9. The van der Waals surface area contributed by atoms with E-state index in [1.807, 2.05) is 0 Å². The third-order valence-electron chi connectivity index (χ3n) is 3.34. The maximum Gasteiger partial charge on any atom is 0.341 e.